The van der Waals surface area contributed by atoms with E-state index in [9.17, 15) is 9.59 Å². The van der Waals surface area contributed by atoms with E-state index >= 15 is 0 Å². The maximum absolute atomic E-state index is 12.6. The summed E-state index contributed by atoms with van der Waals surface area (Å²) in [6.45, 7) is 3.81. The molecule has 0 aliphatic carbocycles. The minimum absolute atomic E-state index is 0.0759. The van der Waals surface area contributed by atoms with E-state index in [1.807, 2.05) is 56.3 Å². The molecule has 0 saturated heterocycles. The number of benzene rings is 2. The minimum atomic E-state index is -0.959. The van der Waals surface area contributed by atoms with Crippen LogP contribution < -0.4 is 5.32 Å². The molecular weight excluding hydrogens is 374 g/mol. The summed E-state index contributed by atoms with van der Waals surface area (Å²) in [4.78, 5) is 23.8. The quantitative estimate of drug-likeness (QED) is 0.702. The number of anilines is 1. The highest BCUT2D eigenvalue weighted by Gasteiger charge is 2.34. The summed E-state index contributed by atoms with van der Waals surface area (Å²) in [7, 11) is 0. The molecular formula is C21H19N3O3S. The number of amides is 1. The molecule has 0 bridgehead atoms. The van der Waals surface area contributed by atoms with E-state index in [0.29, 0.717) is 5.82 Å². The molecule has 1 aliphatic heterocycles. The highest BCUT2D eigenvalue weighted by molar-refractivity contribution is 8.01. The van der Waals surface area contributed by atoms with Gasteiger partial charge in [0.1, 0.15) is 5.82 Å². The van der Waals surface area contributed by atoms with Crippen molar-refractivity contribution >= 4 is 29.5 Å². The van der Waals surface area contributed by atoms with Crippen LogP contribution in [0.3, 0.4) is 0 Å². The second-order valence-corrected chi connectivity index (χ2v) is 8.12. The van der Waals surface area contributed by atoms with Crippen molar-refractivity contribution in [2.75, 3.05) is 5.32 Å². The summed E-state index contributed by atoms with van der Waals surface area (Å²) in [5.41, 5.74) is 3.81. The molecule has 0 unspecified atom stereocenters. The second-order valence-electron chi connectivity index (χ2n) is 6.67. The Kier molecular flexibility index (Phi) is 4.68. The molecule has 0 radical (unpaired) electrons. The number of aryl methyl sites for hydroxylation is 1. The highest BCUT2D eigenvalue weighted by Crippen LogP contribution is 2.46. The van der Waals surface area contributed by atoms with Gasteiger partial charge in [-0.2, -0.15) is 5.10 Å². The SMILES string of the molecule is Cc1nn(-c2ccccc2)c2c1[C@H](c1ccc(C(=O)O)cc1)S[C@@H](C)C(=O)N2. The van der Waals surface area contributed by atoms with Gasteiger partial charge in [0.25, 0.3) is 0 Å². The molecule has 2 heterocycles. The Labute approximate surface area is 166 Å². The lowest BCUT2D eigenvalue weighted by Crippen LogP contribution is -2.22. The number of rotatable bonds is 3. The first-order valence-corrected chi connectivity index (χ1v) is 9.84. The molecule has 6 nitrogen and oxygen atoms in total. The van der Waals surface area contributed by atoms with Gasteiger partial charge in [-0.1, -0.05) is 30.3 Å². The fraction of sp³-hybridized carbons (Fsp3) is 0.190. The van der Waals surface area contributed by atoms with Gasteiger partial charge in [0.15, 0.2) is 0 Å². The molecule has 28 heavy (non-hydrogen) atoms. The number of nitrogens with one attached hydrogen (secondary N) is 1. The summed E-state index contributed by atoms with van der Waals surface area (Å²) in [6, 6.07) is 16.5. The summed E-state index contributed by atoms with van der Waals surface area (Å²) < 4.78 is 1.76. The Bertz CT molecular complexity index is 1040. The monoisotopic (exact) mass is 393 g/mol. The number of hydrogen-bond donors (Lipinski definition) is 2. The van der Waals surface area contributed by atoms with Gasteiger partial charge in [0, 0.05) is 5.56 Å². The van der Waals surface area contributed by atoms with E-state index in [-0.39, 0.29) is 22.0 Å². The Hall–Kier alpha value is -3.06. The summed E-state index contributed by atoms with van der Waals surface area (Å²) >= 11 is 1.54. The topological polar surface area (TPSA) is 84.2 Å². The Balaban J connectivity index is 1.87. The predicted molar refractivity (Wildman–Crippen MR) is 109 cm³/mol. The van der Waals surface area contributed by atoms with Crippen LogP contribution in [-0.4, -0.2) is 32.0 Å². The predicted octanol–water partition coefficient (Wildman–Crippen LogP) is 4.04. The minimum Gasteiger partial charge on any atom is -0.478 e. The van der Waals surface area contributed by atoms with E-state index < -0.39 is 5.97 Å². The third-order valence-corrected chi connectivity index (χ3v) is 6.18. The van der Waals surface area contributed by atoms with E-state index in [2.05, 4.69) is 10.4 Å². The number of nitrogens with zero attached hydrogens (tertiary/aromatic N) is 2. The van der Waals surface area contributed by atoms with Crippen LogP contribution in [0.1, 0.15) is 39.4 Å². The molecule has 4 rings (SSSR count). The first kappa shape index (κ1) is 18.3. The molecule has 142 valence electrons. The van der Waals surface area contributed by atoms with Gasteiger partial charge in [-0.15, -0.1) is 11.8 Å². The molecule has 1 amide bonds. The van der Waals surface area contributed by atoms with Crippen molar-refractivity contribution in [2.24, 2.45) is 0 Å². The lowest BCUT2D eigenvalue weighted by atomic mass is 10.0. The van der Waals surface area contributed by atoms with E-state index in [0.717, 1.165) is 22.5 Å². The molecule has 1 aliphatic rings. The van der Waals surface area contributed by atoms with Crippen molar-refractivity contribution in [1.29, 1.82) is 0 Å². The second kappa shape index (κ2) is 7.16. The number of carbonyl (C=O) groups excluding carboxylic acids is 1. The Morgan fingerprint density at radius 1 is 1.14 bits per heavy atom. The first-order valence-electron chi connectivity index (χ1n) is 8.90. The lowest BCUT2D eigenvalue weighted by molar-refractivity contribution is -0.115. The smallest absolute Gasteiger partial charge is 0.335 e. The van der Waals surface area contributed by atoms with Crippen LogP contribution in [0.2, 0.25) is 0 Å². The number of carbonyl (C=O) groups is 2. The van der Waals surface area contributed by atoms with Gasteiger partial charge in [-0.05, 0) is 43.7 Å². The van der Waals surface area contributed by atoms with E-state index in [4.69, 9.17) is 5.11 Å². The van der Waals surface area contributed by atoms with Crippen LogP contribution in [0, 0.1) is 6.92 Å². The maximum atomic E-state index is 12.6. The Morgan fingerprint density at radius 2 is 1.82 bits per heavy atom. The van der Waals surface area contributed by atoms with Crippen molar-refractivity contribution < 1.29 is 14.7 Å². The van der Waals surface area contributed by atoms with Crippen molar-refractivity contribution in [3.8, 4) is 5.69 Å². The molecule has 7 heteroatoms. The molecule has 0 spiro atoms. The molecule has 2 aromatic carbocycles. The molecule has 0 fully saturated rings. The fourth-order valence-electron chi connectivity index (χ4n) is 3.33. The number of thioether (sulfide) groups is 1. The van der Waals surface area contributed by atoms with Crippen molar-refractivity contribution in [1.82, 2.24) is 9.78 Å². The molecule has 2 N–H and O–H groups in total. The van der Waals surface area contributed by atoms with Gasteiger partial charge in [-0.25, -0.2) is 9.48 Å². The number of fused-ring (bicyclic) bond motifs is 1. The third kappa shape index (κ3) is 3.18. The van der Waals surface area contributed by atoms with Crippen LogP contribution in [-0.2, 0) is 4.79 Å². The number of hydrogen-bond acceptors (Lipinski definition) is 4. The van der Waals surface area contributed by atoms with E-state index in [1.54, 1.807) is 16.8 Å². The maximum Gasteiger partial charge on any atom is 0.335 e. The third-order valence-electron chi connectivity index (χ3n) is 4.78. The number of carboxylic acid groups (broad SMARTS) is 1. The summed E-state index contributed by atoms with van der Waals surface area (Å²) in [6.07, 6.45) is 0. The largest absolute Gasteiger partial charge is 0.478 e. The number of para-hydroxylation sites is 1. The molecule has 0 saturated carbocycles. The Morgan fingerprint density at radius 3 is 2.46 bits per heavy atom. The zero-order chi connectivity index (χ0) is 19.8. The summed E-state index contributed by atoms with van der Waals surface area (Å²) in [5.74, 6) is -0.370. The number of carboxylic acids is 1. The molecule has 3 aromatic rings. The van der Waals surface area contributed by atoms with Gasteiger partial charge in [-0.3, -0.25) is 4.79 Å². The highest BCUT2D eigenvalue weighted by atomic mass is 32.2. The van der Waals surface area contributed by atoms with Gasteiger partial charge in [0.05, 0.1) is 27.4 Å². The van der Waals surface area contributed by atoms with Crippen molar-refractivity contribution in [3.05, 3.63) is 77.0 Å². The standard InChI is InChI=1S/C21H19N3O3S/c1-12-17-18(14-8-10-15(11-9-14)21(26)27)28-13(2)20(25)22-19(17)24(23-12)16-6-4-3-5-7-16/h3-11,13,18H,1-2H3,(H,22,25)(H,26,27)/t13-,18-/m0/s1. The zero-order valence-electron chi connectivity index (χ0n) is 15.4. The van der Waals surface area contributed by atoms with Crippen molar-refractivity contribution in [3.63, 3.8) is 0 Å². The van der Waals surface area contributed by atoms with Gasteiger partial charge in [0.2, 0.25) is 5.91 Å². The van der Waals surface area contributed by atoms with Crippen LogP contribution in [0.15, 0.2) is 54.6 Å². The number of aromatic nitrogens is 2. The van der Waals surface area contributed by atoms with Gasteiger partial charge < -0.3 is 10.4 Å². The van der Waals surface area contributed by atoms with Crippen LogP contribution >= 0.6 is 11.8 Å². The fourth-order valence-corrected chi connectivity index (χ4v) is 4.65. The van der Waals surface area contributed by atoms with Gasteiger partial charge >= 0.3 is 5.97 Å². The van der Waals surface area contributed by atoms with E-state index in [1.165, 1.54) is 11.8 Å². The van der Waals surface area contributed by atoms with Crippen molar-refractivity contribution in [2.45, 2.75) is 24.3 Å². The van der Waals surface area contributed by atoms with Crippen LogP contribution in [0.25, 0.3) is 5.69 Å². The average molecular weight is 393 g/mol. The number of aromatic carboxylic acids is 1. The summed E-state index contributed by atoms with van der Waals surface area (Å²) in [5, 5.41) is 16.5. The molecule has 2 atom stereocenters. The molecule has 1 aromatic heterocycles. The average Bonchev–Trinajstić information content (AvgIpc) is 2.95. The normalized spacial score (nSPS) is 18.9. The lowest BCUT2D eigenvalue weighted by Gasteiger charge is -2.17. The van der Waals surface area contributed by atoms with Crippen LogP contribution in [0.4, 0.5) is 5.82 Å². The first-order chi connectivity index (χ1) is 13.5. The zero-order valence-corrected chi connectivity index (χ0v) is 16.2. The van der Waals surface area contributed by atoms with Crippen LogP contribution in [0.5, 0.6) is 0 Å².